The normalized spacial score (nSPS) is 16.7. The van der Waals surface area contributed by atoms with Crippen molar-refractivity contribution in [2.24, 2.45) is 46.2 Å². The van der Waals surface area contributed by atoms with E-state index in [1.807, 2.05) is 163 Å². The molecule has 2 aliphatic rings. The summed E-state index contributed by atoms with van der Waals surface area (Å²) < 4.78 is 4.85. The Balaban J connectivity index is 0.000000525. The molecule has 2 heterocycles. The standard InChI is InChI=1S/C38H57N7O6.C37H55N7O6.Na.H2O/c1-25(2)23-30(33(46)42-29(17-11-12-20-39)36(49)45-21-18-38(41,19-22-45)37(50)51-4)43-34(47)31(24-27-13-7-5-8-14-27)44-35(48)32(40)26(3)28-15-9-6-10-16-28;1-24(2)22-29(32(45)41-28(16-10-11-19-38)35(48)44-20-17-37(40,18-21-44)36(49)50)42-33(46)30(23-26-12-6-4-7-13-26)43-34(47)31(39)25(3)27-14-8-5-9-15-27;;/h5-10,13-16,25-26,29-32H,11-12,17-24,39-41H2,1-4H3,(H,42,46)(H,43,47)(H,44,48);4-9,12-15,24-25,28-31H,10-11,16-23,38-40H2,1-3H3,(H,41,45)(H,42,46)(H,43,47)(H,49,50);;1H2/q;;+1;/p-1/t26-,29-,30-,31-,32-;25-,28-,29-,30-,31-;;/m11../s1. The number of hydrogen-bond donors (Lipinski definition) is 13. The molecule has 4 aromatic rings. The molecule has 0 aromatic heterocycles. The first kappa shape index (κ1) is 89.5. The number of aliphatic carboxylic acids is 1. The van der Waals surface area contributed by atoms with Crippen molar-refractivity contribution in [3.8, 4) is 0 Å². The second-order valence-electron chi connectivity index (χ2n) is 27.8. The molecule has 103 heavy (non-hydrogen) atoms. The van der Waals surface area contributed by atoms with Crippen molar-refractivity contribution in [2.45, 2.75) is 203 Å². The van der Waals surface area contributed by atoms with Crippen LogP contribution in [0.25, 0.3) is 0 Å². The molecule has 6 rings (SSSR count). The van der Waals surface area contributed by atoms with Gasteiger partial charge in [-0.15, -0.1) is 0 Å². The van der Waals surface area contributed by atoms with Gasteiger partial charge < -0.3 is 91.4 Å². The van der Waals surface area contributed by atoms with Gasteiger partial charge in [0.1, 0.15) is 47.3 Å². The zero-order chi connectivity index (χ0) is 74.4. The molecule has 0 radical (unpaired) electrons. The quantitative estimate of drug-likeness (QED) is 0.0158. The minimum atomic E-state index is -1.41. The summed E-state index contributed by atoms with van der Waals surface area (Å²) >= 11 is 0. The fraction of sp³-hybridized carbons (Fsp3) is 0.547. The molecule has 562 valence electrons. The van der Waals surface area contributed by atoms with Gasteiger partial charge in [0.2, 0.25) is 47.3 Å². The zero-order valence-electron chi connectivity index (χ0n) is 61.4. The number of benzene rings is 4. The van der Waals surface area contributed by atoms with Crippen molar-refractivity contribution in [3.05, 3.63) is 144 Å². The molecule has 8 amide bonds. The molecule has 2 aliphatic heterocycles. The summed E-state index contributed by atoms with van der Waals surface area (Å²) in [4.78, 5) is 137. The number of piperidine rings is 2. The number of nitrogens with two attached hydrogens (primary N) is 6. The van der Waals surface area contributed by atoms with E-state index in [0.29, 0.717) is 51.6 Å². The van der Waals surface area contributed by atoms with Crippen molar-refractivity contribution >= 4 is 59.2 Å². The Hall–Kier alpha value is -7.70. The number of carboxylic acids is 1. The average molecular weight is 1440 g/mol. The third-order valence-corrected chi connectivity index (χ3v) is 18.9. The molecule has 2 fully saturated rings. The van der Waals surface area contributed by atoms with E-state index in [0.717, 1.165) is 22.3 Å². The van der Waals surface area contributed by atoms with Crippen LogP contribution in [0.5, 0.6) is 0 Å². The largest absolute Gasteiger partial charge is 1.00 e. The molecule has 27 nitrogen and oxygen atoms in total. The monoisotopic (exact) mass is 1440 g/mol. The molecular weight excluding hydrogens is 1330 g/mol. The van der Waals surface area contributed by atoms with Crippen LogP contribution in [0.3, 0.4) is 0 Å². The SMILES string of the molecule is CC(C)C[C@@H](NC(=O)[C@@H](Cc1ccccc1)NC(=O)[C@H](N)[C@H](C)c1ccccc1)C(=O)N[C@H](CCCCN)C(=O)N1CCC(N)(C(=O)O)CC1.COC(=O)C1(N)CCN(C(=O)[C@@H](CCCCN)NC(=O)[C@@H](CC(C)C)NC(=O)[C@@H](Cc2ccccc2)NC(=O)[C@H](N)[C@H](C)c2ccccc2)CC1.[Na+].[OH-]. The predicted molar refractivity (Wildman–Crippen MR) is 389 cm³/mol. The Morgan fingerprint density at radius 1 is 0.447 bits per heavy atom. The van der Waals surface area contributed by atoms with Crippen LogP contribution in [0.1, 0.15) is 153 Å². The number of carbonyl (C=O) groups excluding carboxylic acids is 9. The van der Waals surface area contributed by atoms with Crippen LogP contribution in [0.4, 0.5) is 0 Å². The van der Waals surface area contributed by atoms with E-state index in [9.17, 15) is 53.1 Å². The van der Waals surface area contributed by atoms with E-state index in [2.05, 4.69) is 31.9 Å². The summed E-state index contributed by atoms with van der Waals surface area (Å²) in [5.41, 5.74) is 37.3. The van der Waals surface area contributed by atoms with Gasteiger partial charge in [0.05, 0.1) is 19.2 Å². The van der Waals surface area contributed by atoms with Crippen LogP contribution < -0.4 is 95.9 Å². The number of carboxylic acid groups (broad SMARTS) is 1. The number of hydrogen-bond acceptors (Lipinski definition) is 18. The Morgan fingerprint density at radius 3 is 1.04 bits per heavy atom. The summed E-state index contributed by atoms with van der Waals surface area (Å²) in [7, 11) is 1.28. The third-order valence-electron chi connectivity index (χ3n) is 18.9. The number of nitrogens with zero attached hydrogens (tertiary/aromatic N) is 2. The Labute approximate surface area is 628 Å². The van der Waals surface area contributed by atoms with E-state index in [1.165, 1.54) is 12.0 Å². The van der Waals surface area contributed by atoms with E-state index in [1.54, 1.807) is 4.90 Å². The first-order chi connectivity index (χ1) is 48.0. The van der Waals surface area contributed by atoms with Crippen molar-refractivity contribution in [3.63, 3.8) is 0 Å². The summed E-state index contributed by atoms with van der Waals surface area (Å²) in [6, 6.07) is 29.6. The summed E-state index contributed by atoms with van der Waals surface area (Å²) in [5, 5.41) is 26.7. The number of carbonyl (C=O) groups is 10. The van der Waals surface area contributed by atoms with Gasteiger partial charge in [-0.2, -0.15) is 0 Å². The van der Waals surface area contributed by atoms with Crippen molar-refractivity contribution in [1.29, 1.82) is 0 Å². The van der Waals surface area contributed by atoms with Crippen molar-refractivity contribution < 1.29 is 92.8 Å². The summed E-state index contributed by atoms with van der Waals surface area (Å²) in [6.07, 6.45) is 4.65. The topological polar surface area (TPSA) is 465 Å². The number of nitrogens with one attached hydrogen (secondary N) is 6. The van der Waals surface area contributed by atoms with Gasteiger partial charge in [-0.1, -0.05) is 163 Å². The van der Waals surface area contributed by atoms with Crippen LogP contribution in [0.15, 0.2) is 121 Å². The van der Waals surface area contributed by atoms with Gasteiger partial charge in [-0.3, -0.25) is 47.9 Å². The second-order valence-corrected chi connectivity index (χ2v) is 27.8. The average Bonchev–Trinajstić information content (AvgIpc) is 0.825. The number of unbranched alkanes of at least 4 members (excludes halogenated alkanes) is 2. The predicted octanol–water partition coefficient (Wildman–Crippen LogP) is -0.296. The maximum absolute atomic E-state index is 14.0. The number of rotatable bonds is 36. The fourth-order valence-electron chi connectivity index (χ4n) is 12.3. The molecule has 0 saturated carbocycles. The van der Waals surface area contributed by atoms with E-state index in [4.69, 9.17) is 39.1 Å². The first-order valence-electron chi connectivity index (χ1n) is 35.4. The van der Waals surface area contributed by atoms with Crippen LogP contribution in [-0.2, 0) is 65.5 Å². The van der Waals surface area contributed by atoms with Gasteiger partial charge >= 0.3 is 41.5 Å². The third kappa shape index (κ3) is 28.4. The zero-order valence-corrected chi connectivity index (χ0v) is 63.4. The van der Waals surface area contributed by atoms with Gasteiger partial charge in [-0.25, -0.2) is 0 Å². The van der Waals surface area contributed by atoms with Crippen LogP contribution in [0.2, 0.25) is 0 Å². The molecule has 20 N–H and O–H groups in total. The van der Waals surface area contributed by atoms with Gasteiger partial charge in [0, 0.05) is 50.9 Å². The van der Waals surface area contributed by atoms with Gasteiger partial charge in [0.15, 0.2) is 0 Å². The second kappa shape index (κ2) is 44.8. The number of amides is 8. The fourth-order valence-corrected chi connectivity index (χ4v) is 12.3. The smallest absolute Gasteiger partial charge is 0.870 e. The van der Waals surface area contributed by atoms with Crippen molar-refractivity contribution in [2.75, 3.05) is 46.4 Å². The Bertz CT molecular complexity index is 3290. The molecule has 4 aromatic carbocycles. The molecule has 10 atom stereocenters. The minimum absolute atomic E-state index is 0. The Morgan fingerprint density at radius 2 is 0.738 bits per heavy atom. The Kier molecular flexibility index (Phi) is 39.0. The van der Waals surface area contributed by atoms with Crippen molar-refractivity contribution in [1.82, 2.24) is 41.7 Å². The summed E-state index contributed by atoms with van der Waals surface area (Å²) in [5.74, 6) is -6.05. The molecule has 0 unspecified atom stereocenters. The summed E-state index contributed by atoms with van der Waals surface area (Å²) in [6.45, 7) is 13.0. The van der Waals surface area contributed by atoms with E-state index in [-0.39, 0.29) is 148 Å². The first-order valence-corrected chi connectivity index (χ1v) is 35.4. The molecule has 0 aliphatic carbocycles. The maximum atomic E-state index is 14.0. The minimum Gasteiger partial charge on any atom is -0.870 e. The number of esters is 1. The molecule has 0 bridgehead atoms. The van der Waals surface area contributed by atoms with Crippen LogP contribution in [0, 0.1) is 11.8 Å². The van der Waals surface area contributed by atoms with Crippen LogP contribution in [-0.4, -0.2) is 185 Å². The number of likely N-dealkylation sites (tertiary alicyclic amines) is 2. The molecular formula is C75H113N14NaO13. The number of methoxy groups -OCH3 is 1. The van der Waals surface area contributed by atoms with E-state index >= 15 is 0 Å². The van der Waals surface area contributed by atoms with Gasteiger partial charge in [0.25, 0.3) is 0 Å². The molecule has 28 heteroatoms. The van der Waals surface area contributed by atoms with Gasteiger partial charge in [-0.05, 0) is 124 Å². The van der Waals surface area contributed by atoms with E-state index < -0.39 is 107 Å². The molecule has 2 saturated heterocycles. The van der Waals surface area contributed by atoms with Crippen LogP contribution >= 0.6 is 0 Å². The number of ether oxygens (including phenoxy) is 1. The molecule has 0 spiro atoms. The maximum Gasteiger partial charge on any atom is 1.00 e.